The number of benzene rings is 2. The monoisotopic (exact) mass is 457 g/mol. The minimum absolute atomic E-state index is 0.0773. The van der Waals surface area contributed by atoms with Gasteiger partial charge in [-0.15, -0.1) is 5.10 Å². The second-order valence-electron chi connectivity index (χ2n) is 7.03. The maximum Gasteiger partial charge on any atom is 0.340 e. The third kappa shape index (κ3) is 4.50. The van der Waals surface area contributed by atoms with E-state index in [1.807, 2.05) is 0 Å². The van der Waals surface area contributed by atoms with E-state index in [1.54, 1.807) is 28.9 Å². The van der Waals surface area contributed by atoms with Crippen LogP contribution >= 0.6 is 11.6 Å². The molecule has 1 aromatic heterocycles. The van der Waals surface area contributed by atoms with E-state index in [4.69, 9.17) is 25.8 Å². The first-order valence-corrected chi connectivity index (χ1v) is 10.2. The molecule has 0 radical (unpaired) electrons. The summed E-state index contributed by atoms with van der Waals surface area (Å²) in [6, 6.07) is 9.75. The molecular weight excluding hydrogens is 438 g/mol. The summed E-state index contributed by atoms with van der Waals surface area (Å²) in [5, 5.41) is 14.5. The van der Waals surface area contributed by atoms with Gasteiger partial charge < -0.3 is 19.5 Å². The molecule has 2 aromatic carbocycles. The van der Waals surface area contributed by atoms with Crippen molar-refractivity contribution in [2.75, 3.05) is 19.5 Å². The fraction of sp³-hybridized carbons (Fsp3) is 0.286. The summed E-state index contributed by atoms with van der Waals surface area (Å²) < 4.78 is 17.7. The molecule has 1 N–H and O–H groups in total. The van der Waals surface area contributed by atoms with Crippen molar-refractivity contribution in [1.82, 2.24) is 20.2 Å². The molecule has 1 heterocycles. The number of anilines is 1. The zero-order chi connectivity index (χ0) is 22.7. The van der Waals surface area contributed by atoms with Crippen molar-refractivity contribution in [2.24, 2.45) is 0 Å². The van der Waals surface area contributed by atoms with E-state index in [1.165, 1.54) is 26.4 Å². The summed E-state index contributed by atoms with van der Waals surface area (Å²) in [7, 11) is 2.89. The molecule has 11 heteroatoms. The molecular formula is C21H20ClN5O5. The topological polar surface area (TPSA) is 117 Å². The van der Waals surface area contributed by atoms with Gasteiger partial charge in [-0.1, -0.05) is 23.7 Å². The Kier molecular flexibility index (Phi) is 6.22. The average Bonchev–Trinajstić information content (AvgIpc) is 3.54. The van der Waals surface area contributed by atoms with Crippen molar-refractivity contribution in [1.29, 1.82) is 0 Å². The van der Waals surface area contributed by atoms with Crippen LogP contribution in [-0.4, -0.2) is 46.3 Å². The Bertz CT molecular complexity index is 1160. The van der Waals surface area contributed by atoms with Crippen LogP contribution in [0.15, 0.2) is 36.4 Å². The van der Waals surface area contributed by atoms with Crippen LogP contribution in [0.5, 0.6) is 11.5 Å². The van der Waals surface area contributed by atoms with Gasteiger partial charge in [0.05, 0.1) is 42.1 Å². The summed E-state index contributed by atoms with van der Waals surface area (Å²) in [5.74, 6) is -0.0996. The lowest BCUT2D eigenvalue weighted by molar-refractivity contribution is 0.0457. The van der Waals surface area contributed by atoms with E-state index in [9.17, 15) is 9.59 Å². The number of nitrogens with zero attached hydrogens (tertiary/aromatic N) is 4. The van der Waals surface area contributed by atoms with Gasteiger partial charge in [0.2, 0.25) is 0 Å². The van der Waals surface area contributed by atoms with Gasteiger partial charge in [-0.05, 0) is 35.4 Å². The fourth-order valence-corrected chi connectivity index (χ4v) is 3.33. The summed E-state index contributed by atoms with van der Waals surface area (Å²) in [6.07, 6.45) is 1.97. The zero-order valence-corrected chi connectivity index (χ0v) is 18.1. The van der Waals surface area contributed by atoms with Gasteiger partial charge in [-0.3, -0.25) is 4.79 Å². The zero-order valence-electron chi connectivity index (χ0n) is 17.4. The minimum Gasteiger partial charge on any atom is -0.493 e. The lowest BCUT2D eigenvalue weighted by atomic mass is 10.1. The highest BCUT2D eigenvalue weighted by Gasteiger charge is 2.28. The lowest BCUT2D eigenvalue weighted by Gasteiger charge is -2.15. The van der Waals surface area contributed by atoms with E-state index in [0.717, 1.165) is 12.8 Å². The number of aromatic nitrogens is 4. The predicted molar refractivity (Wildman–Crippen MR) is 114 cm³/mol. The number of rotatable bonds is 8. The van der Waals surface area contributed by atoms with Crippen molar-refractivity contribution in [3.8, 4) is 11.5 Å². The van der Waals surface area contributed by atoms with Gasteiger partial charge >= 0.3 is 5.97 Å². The molecule has 0 atom stereocenters. The first-order valence-electron chi connectivity index (χ1n) is 9.77. The summed E-state index contributed by atoms with van der Waals surface area (Å²) in [4.78, 5) is 25.7. The number of ether oxygens (including phenoxy) is 3. The van der Waals surface area contributed by atoms with Crippen LogP contribution in [0.4, 0.5) is 5.69 Å². The molecule has 1 saturated carbocycles. The van der Waals surface area contributed by atoms with Crippen LogP contribution < -0.4 is 14.8 Å². The number of carbonyl (C=O) groups is 2. The molecule has 1 aliphatic rings. The lowest BCUT2D eigenvalue weighted by Crippen LogP contribution is -2.17. The number of nitrogens with one attached hydrogen (secondary N) is 1. The third-order valence-corrected chi connectivity index (χ3v) is 5.23. The Morgan fingerprint density at radius 1 is 1.12 bits per heavy atom. The predicted octanol–water partition coefficient (Wildman–Crippen LogP) is 3.29. The number of halogens is 1. The molecule has 0 saturated heterocycles. The van der Waals surface area contributed by atoms with Crippen LogP contribution in [0, 0.1) is 0 Å². The highest BCUT2D eigenvalue weighted by molar-refractivity contribution is 6.34. The maximum atomic E-state index is 12.9. The molecule has 1 fully saturated rings. The smallest absolute Gasteiger partial charge is 0.340 e. The Labute approximate surface area is 188 Å². The van der Waals surface area contributed by atoms with Crippen molar-refractivity contribution < 1.29 is 23.8 Å². The maximum absolute atomic E-state index is 12.9. The molecule has 32 heavy (non-hydrogen) atoms. The molecule has 3 aromatic rings. The van der Waals surface area contributed by atoms with Crippen molar-refractivity contribution in [3.05, 3.63) is 58.4 Å². The first-order chi connectivity index (χ1) is 15.5. The molecule has 0 unspecified atom stereocenters. The van der Waals surface area contributed by atoms with Crippen molar-refractivity contribution in [3.63, 3.8) is 0 Å². The van der Waals surface area contributed by atoms with Crippen LogP contribution in [0.25, 0.3) is 0 Å². The van der Waals surface area contributed by atoms with E-state index in [-0.39, 0.29) is 34.5 Å². The van der Waals surface area contributed by atoms with Crippen molar-refractivity contribution >= 4 is 29.2 Å². The van der Waals surface area contributed by atoms with Gasteiger partial charge in [0.1, 0.15) is 0 Å². The van der Waals surface area contributed by atoms with Gasteiger partial charge in [0.25, 0.3) is 5.91 Å². The number of carbonyl (C=O) groups excluding carboxylic acids is 2. The third-order valence-electron chi connectivity index (χ3n) is 4.90. The van der Waals surface area contributed by atoms with E-state index >= 15 is 0 Å². The second kappa shape index (κ2) is 9.23. The summed E-state index contributed by atoms with van der Waals surface area (Å²) in [5.41, 5.74) is 0.514. The minimum atomic E-state index is -0.689. The normalized spacial score (nSPS) is 12.8. The number of hydrogen-bond acceptors (Lipinski definition) is 8. The summed E-state index contributed by atoms with van der Waals surface area (Å²) in [6.45, 7) is -0.116. The Morgan fingerprint density at radius 2 is 1.84 bits per heavy atom. The number of tetrazole rings is 1. The number of esters is 1. The fourth-order valence-electron chi connectivity index (χ4n) is 3.10. The number of amides is 1. The molecule has 1 amide bonds. The first kappa shape index (κ1) is 21.6. The average molecular weight is 458 g/mol. The molecule has 0 bridgehead atoms. The highest BCUT2D eigenvalue weighted by Crippen LogP contribution is 2.36. The van der Waals surface area contributed by atoms with E-state index < -0.39 is 11.9 Å². The second-order valence-corrected chi connectivity index (χ2v) is 7.44. The van der Waals surface area contributed by atoms with Gasteiger partial charge in [-0.2, -0.15) is 0 Å². The van der Waals surface area contributed by atoms with Gasteiger partial charge in [0.15, 0.2) is 23.9 Å². The molecule has 0 aliphatic heterocycles. The Hall–Kier alpha value is -3.66. The SMILES string of the molecule is COc1cc(NC(=O)c2ccccc2Cl)c(C(=O)OCc2nnnn2C2CC2)cc1OC. The highest BCUT2D eigenvalue weighted by atomic mass is 35.5. The van der Waals surface area contributed by atoms with E-state index in [0.29, 0.717) is 17.3 Å². The standard InChI is InChI=1S/C21H20ClN5O5/c1-30-17-9-14(21(29)32-11-19-24-25-26-27(19)12-7-8-12)16(10-18(17)31-2)23-20(28)13-5-3-4-6-15(13)22/h3-6,9-10,12H,7-8,11H2,1-2H3,(H,23,28). The van der Waals surface area contributed by atoms with Crippen molar-refractivity contribution in [2.45, 2.75) is 25.5 Å². The van der Waals surface area contributed by atoms with Crippen LogP contribution in [0.2, 0.25) is 5.02 Å². The molecule has 1 aliphatic carbocycles. The van der Waals surface area contributed by atoms with Crippen LogP contribution in [-0.2, 0) is 11.3 Å². The quantitative estimate of drug-likeness (QED) is 0.512. The Morgan fingerprint density at radius 3 is 2.53 bits per heavy atom. The molecule has 0 spiro atoms. The molecule has 10 nitrogen and oxygen atoms in total. The summed E-state index contributed by atoms with van der Waals surface area (Å²) >= 11 is 6.13. The van der Waals surface area contributed by atoms with Gasteiger partial charge in [-0.25, -0.2) is 9.48 Å². The van der Waals surface area contributed by atoms with Crippen LogP contribution in [0.3, 0.4) is 0 Å². The number of methoxy groups -OCH3 is 2. The van der Waals surface area contributed by atoms with Crippen LogP contribution in [0.1, 0.15) is 45.4 Å². The molecule has 166 valence electrons. The Balaban J connectivity index is 1.60. The van der Waals surface area contributed by atoms with E-state index in [2.05, 4.69) is 20.8 Å². The van der Waals surface area contributed by atoms with Gasteiger partial charge in [0, 0.05) is 12.1 Å². The molecule has 4 rings (SSSR count). The largest absolute Gasteiger partial charge is 0.493 e. The number of hydrogen-bond donors (Lipinski definition) is 1.